The zero-order valence-corrected chi connectivity index (χ0v) is 12.9. The highest BCUT2D eigenvalue weighted by molar-refractivity contribution is 5.70. The van der Waals surface area contributed by atoms with Crippen molar-refractivity contribution < 1.29 is 14.3 Å². The van der Waals surface area contributed by atoms with Crippen LogP contribution in [0.2, 0.25) is 0 Å². The lowest BCUT2D eigenvalue weighted by molar-refractivity contribution is -0.148. The zero-order chi connectivity index (χ0) is 15.6. The van der Waals surface area contributed by atoms with E-state index in [2.05, 4.69) is 0 Å². The van der Waals surface area contributed by atoms with E-state index in [1.807, 2.05) is 67.6 Å². The molecule has 2 aromatic rings. The minimum Gasteiger partial charge on any atom is -0.461 e. The molecule has 0 aliphatic carbocycles. The smallest absolute Gasteiger partial charge is 0.308 e. The van der Waals surface area contributed by atoms with Gasteiger partial charge in [-0.1, -0.05) is 67.6 Å². The Balaban J connectivity index is 1.73. The van der Waals surface area contributed by atoms with Gasteiger partial charge in [-0.3, -0.25) is 4.79 Å². The Bertz CT molecular complexity index is 551. The number of hydrogen-bond acceptors (Lipinski definition) is 3. The topological polar surface area (TPSA) is 35.5 Å². The van der Waals surface area contributed by atoms with E-state index in [0.717, 1.165) is 17.5 Å². The van der Waals surface area contributed by atoms with E-state index >= 15 is 0 Å². The summed E-state index contributed by atoms with van der Waals surface area (Å²) in [5.41, 5.74) is 2.10. The number of rotatable bonds is 8. The molecule has 0 amide bonds. The fraction of sp³-hybridized carbons (Fsp3) is 0.316. The first-order valence-corrected chi connectivity index (χ1v) is 7.63. The van der Waals surface area contributed by atoms with Gasteiger partial charge in [0.25, 0.3) is 0 Å². The molecule has 1 atom stereocenters. The highest BCUT2D eigenvalue weighted by Gasteiger charge is 2.14. The fourth-order valence-electron chi connectivity index (χ4n) is 2.09. The molecule has 0 heterocycles. The summed E-state index contributed by atoms with van der Waals surface area (Å²) in [4.78, 5) is 11.9. The molecule has 22 heavy (non-hydrogen) atoms. The van der Waals surface area contributed by atoms with Crippen molar-refractivity contribution in [3.63, 3.8) is 0 Å². The summed E-state index contributed by atoms with van der Waals surface area (Å²) in [6.45, 7) is 2.85. The van der Waals surface area contributed by atoms with Crippen LogP contribution in [0.4, 0.5) is 0 Å². The van der Waals surface area contributed by atoms with E-state index in [0.29, 0.717) is 13.2 Å². The quantitative estimate of drug-likeness (QED) is 0.688. The monoisotopic (exact) mass is 298 g/mol. The van der Waals surface area contributed by atoms with E-state index in [1.54, 1.807) is 0 Å². The third kappa shape index (κ3) is 5.70. The molecule has 0 saturated carbocycles. The van der Waals surface area contributed by atoms with Crippen molar-refractivity contribution >= 4 is 5.97 Å². The Morgan fingerprint density at radius 3 is 2.00 bits per heavy atom. The maximum Gasteiger partial charge on any atom is 0.308 e. The van der Waals surface area contributed by atoms with Crippen LogP contribution < -0.4 is 0 Å². The Morgan fingerprint density at radius 1 is 0.909 bits per heavy atom. The van der Waals surface area contributed by atoms with Gasteiger partial charge in [0.2, 0.25) is 0 Å². The van der Waals surface area contributed by atoms with E-state index in [-0.39, 0.29) is 18.5 Å². The average molecular weight is 298 g/mol. The van der Waals surface area contributed by atoms with Crippen LogP contribution in [-0.2, 0) is 27.5 Å². The van der Waals surface area contributed by atoms with Gasteiger partial charge in [0.1, 0.15) is 6.61 Å². The lowest BCUT2D eigenvalue weighted by Crippen LogP contribution is -2.18. The first kappa shape index (κ1) is 16.2. The molecule has 116 valence electrons. The van der Waals surface area contributed by atoms with Crippen molar-refractivity contribution in [1.82, 2.24) is 0 Å². The van der Waals surface area contributed by atoms with Crippen LogP contribution in [0, 0.1) is 0 Å². The molecule has 0 aliphatic rings. The molecule has 0 spiro atoms. The minimum atomic E-state index is -0.219. The normalized spacial score (nSPS) is 11.9. The number of carbonyl (C=O) groups excluding carboxylic acids is 1. The van der Waals surface area contributed by atoms with E-state index in [9.17, 15) is 4.79 Å². The van der Waals surface area contributed by atoms with Crippen molar-refractivity contribution in [2.24, 2.45) is 0 Å². The number of hydrogen-bond donors (Lipinski definition) is 0. The summed E-state index contributed by atoms with van der Waals surface area (Å²) in [5.74, 6) is -0.219. The summed E-state index contributed by atoms with van der Waals surface area (Å²) < 4.78 is 11.1. The van der Waals surface area contributed by atoms with Gasteiger partial charge in [0.05, 0.1) is 19.1 Å². The molecule has 3 heteroatoms. The molecule has 0 saturated heterocycles. The second-order valence-corrected chi connectivity index (χ2v) is 5.18. The van der Waals surface area contributed by atoms with Crippen LogP contribution >= 0.6 is 0 Å². The maximum atomic E-state index is 11.9. The summed E-state index contributed by atoms with van der Waals surface area (Å²) in [6.07, 6.45) is 0.965. The van der Waals surface area contributed by atoms with Crippen LogP contribution in [-0.4, -0.2) is 12.1 Å². The Kier molecular flexibility index (Phi) is 6.65. The number of ether oxygens (including phenoxy) is 2. The first-order chi connectivity index (χ1) is 10.8. The number of benzene rings is 2. The van der Waals surface area contributed by atoms with E-state index < -0.39 is 0 Å². The highest BCUT2D eigenvalue weighted by Crippen LogP contribution is 2.11. The second kappa shape index (κ2) is 9.00. The zero-order valence-electron chi connectivity index (χ0n) is 12.9. The van der Waals surface area contributed by atoms with Crippen molar-refractivity contribution in [2.75, 3.05) is 0 Å². The molecule has 0 bridgehead atoms. The van der Waals surface area contributed by atoms with Crippen molar-refractivity contribution in [3.05, 3.63) is 71.8 Å². The van der Waals surface area contributed by atoms with Gasteiger partial charge in [-0.25, -0.2) is 0 Å². The average Bonchev–Trinajstić information content (AvgIpc) is 2.58. The molecule has 2 aromatic carbocycles. The summed E-state index contributed by atoms with van der Waals surface area (Å²) in [7, 11) is 0. The predicted octanol–water partition coefficient (Wildman–Crippen LogP) is 4.12. The Morgan fingerprint density at radius 2 is 1.45 bits per heavy atom. The van der Waals surface area contributed by atoms with Crippen molar-refractivity contribution in [1.29, 1.82) is 0 Å². The van der Waals surface area contributed by atoms with E-state index in [4.69, 9.17) is 9.47 Å². The molecular weight excluding hydrogens is 276 g/mol. The molecule has 0 aromatic heterocycles. The van der Waals surface area contributed by atoms with Gasteiger partial charge in [-0.15, -0.1) is 0 Å². The molecule has 1 unspecified atom stereocenters. The fourth-order valence-corrected chi connectivity index (χ4v) is 2.09. The SMILES string of the molecule is CCC(CC(=O)OCc1ccccc1)OCc1ccccc1. The Labute approximate surface area is 131 Å². The standard InChI is InChI=1S/C19H22O3/c1-2-18(21-14-16-9-5-3-6-10-16)13-19(20)22-15-17-11-7-4-8-12-17/h3-12,18H,2,13-15H2,1H3. The highest BCUT2D eigenvalue weighted by atomic mass is 16.5. The van der Waals surface area contributed by atoms with Gasteiger partial charge in [-0.05, 0) is 17.5 Å². The summed E-state index contributed by atoms with van der Waals surface area (Å²) in [6, 6.07) is 19.6. The molecular formula is C19H22O3. The molecule has 0 aliphatic heterocycles. The van der Waals surface area contributed by atoms with Crippen LogP contribution in [0.5, 0.6) is 0 Å². The lowest BCUT2D eigenvalue weighted by Gasteiger charge is -2.15. The molecule has 0 N–H and O–H groups in total. The van der Waals surface area contributed by atoms with Gasteiger partial charge in [-0.2, -0.15) is 0 Å². The molecule has 3 nitrogen and oxygen atoms in total. The number of esters is 1. The third-order valence-corrected chi connectivity index (χ3v) is 3.42. The molecule has 0 radical (unpaired) electrons. The molecule has 2 rings (SSSR count). The minimum absolute atomic E-state index is 0.108. The third-order valence-electron chi connectivity index (χ3n) is 3.42. The van der Waals surface area contributed by atoms with Crippen LogP contribution in [0.25, 0.3) is 0 Å². The first-order valence-electron chi connectivity index (χ1n) is 7.63. The van der Waals surface area contributed by atoms with Crippen molar-refractivity contribution in [3.8, 4) is 0 Å². The van der Waals surface area contributed by atoms with Crippen LogP contribution in [0.3, 0.4) is 0 Å². The Hall–Kier alpha value is -2.13. The summed E-state index contributed by atoms with van der Waals surface area (Å²) >= 11 is 0. The molecule has 0 fully saturated rings. The summed E-state index contributed by atoms with van der Waals surface area (Å²) in [5, 5.41) is 0. The van der Waals surface area contributed by atoms with Gasteiger partial charge in [0, 0.05) is 0 Å². The van der Waals surface area contributed by atoms with Crippen LogP contribution in [0.1, 0.15) is 30.9 Å². The largest absolute Gasteiger partial charge is 0.461 e. The maximum absolute atomic E-state index is 11.9. The lowest BCUT2D eigenvalue weighted by atomic mass is 10.2. The van der Waals surface area contributed by atoms with Crippen molar-refractivity contribution in [2.45, 2.75) is 39.1 Å². The van der Waals surface area contributed by atoms with Gasteiger partial charge >= 0.3 is 5.97 Å². The predicted molar refractivity (Wildman–Crippen MR) is 86.2 cm³/mol. The second-order valence-electron chi connectivity index (χ2n) is 5.18. The number of carbonyl (C=O) groups is 1. The van der Waals surface area contributed by atoms with Crippen LogP contribution in [0.15, 0.2) is 60.7 Å². The van der Waals surface area contributed by atoms with E-state index in [1.165, 1.54) is 0 Å². The van der Waals surface area contributed by atoms with Gasteiger partial charge < -0.3 is 9.47 Å². The van der Waals surface area contributed by atoms with Gasteiger partial charge in [0.15, 0.2) is 0 Å².